The monoisotopic (exact) mass is 287 g/mol. The first-order valence-electron chi connectivity index (χ1n) is 7.14. The van der Waals surface area contributed by atoms with E-state index in [4.69, 9.17) is 4.74 Å². The predicted octanol–water partition coefficient (Wildman–Crippen LogP) is 2.66. The molecule has 1 aliphatic heterocycles. The van der Waals surface area contributed by atoms with E-state index in [0.29, 0.717) is 29.3 Å². The number of hydrogen-bond acceptors (Lipinski definition) is 5. The lowest BCUT2D eigenvalue weighted by molar-refractivity contribution is -0.383. The first-order chi connectivity index (χ1) is 10.3. The van der Waals surface area contributed by atoms with Gasteiger partial charge in [0.25, 0.3) is 5.69 Å². The molecular weight excluding hydrogens is 270 g/mol. The van der Waals surface area contributed by atoms with Crippen LogP contribution in [0.2, 0.25) is 0 Å². The van der Waals surface area contributed by atoms with Gasteiger partial charge in [0.15, 0.2) is 0 Å². The second-order valence-corrected chi connectivity index (χ2v) is 5.20. The lowest BCUT2D eigenvalue weighted by atomic mass is 10.1. The molecule has 2 heterocycles. The zero-order valence-corrected chi connectivity index (χ0v) is 11.6. The number of nitrogens with zero attached hydrogens (tertiary/aromatic N) is 2. The molecule has 0 spiro atoms. The minimum absolute atomic E-state index is 0.0567. The van der Waals surface area contributed by atoms with Crippen LogP contribution in [0.4, 0.5) is 5.69 Å². The van der Waals surface area contributed by atoms with Crippen molar-refractivity contribution < 1.29 is 9.66 Å². The van der Waals surface area contributed by atoms with E-state index in [1.807, 2.05) is 0 Å². The smallest absolute Gasteiger partial charge is 0.279 e. The van der Waals surface area contributed by atoms with Crippen LogP contribution in [0.15, 0.2) is 30.5 Å². The summed E-state index contributed by atoms with van der Waals surface area (Å²) in [6.45, 7) is 1.58. The quantitative estimate of drug-likeness (QED) is 0.691. The fourth-order valence-electron chi connectivity index (χ4n) is 2.66. The second-order valence-electron chi connectivity index (χ2n) is 5.20. The highest BCUT2D eigenvalue weighted by molar-refractivity contribution is 5.92. The van der Waals surface area contributed by atoms with Crippen molar-refractivity contribution in [2.45, 2.75) is 25.3 Å². The molecule has 1 aliphatic rings. The summed E-state index contributed by atoms with van der Waals surface area (Å²) in [5.41, 5.74) is 0.601. The van der Waals surface area contributed by atoms with Crippen LogP contribution in [0.5, 0.6) is 5.75 Å². The van der Waals surface area contributed by atoms with Crippen LogP contribution in [-0.4, -0.2) is 29.1 Å². The van der Waals surface area contributed by atoms with Crippen LogP contribution in [-0.2, 0) is 0 Å². The van der Waals surface area contributed by atoms with E-state index in [1.54, 1.807) is 24.4 Å². The predicted molar refractivity (Wildman–Crippen MR) is 79.5 cm³/mol. The number of nitrogens with one attached hydrogen (secondary N) is 1. The molecule has 110 valence electrons. The number of nitro groups is 1. The van der Waals surface area contributed by atoms with E-state index in [-0.39, 0.29) is 5.69 Å². The Balaban J connectivity index is 1.85. The van der Waals surface area contributed by atoms with Gasteiger partial charge in [-0.2, -0.15) is 0 Å². The lowest BCUT2D eigenvalue weighted by Crippen LogP contribution is -2.38. The third kappa shape index (κ3) is 2.95. The molecule has 1 fully saturated rings. The van der Waals surface area contributed by atoms with Gasteiger partial charge in [0.1, 0.15) is 17.9 Å². The minimum atomic E-state index is -0.392. The Kier molecular flexibility index (Phi) is 3.96. The Bertz CT molecular complexity index is 654. The maximum Gasteiger partial charge on any atom is 0.279 e. The van der Waals surface area contributed by atoms with E-state index in [9.17, 15) is 10.1 Å². The Morgan fingerprint density at radius 2 is 2.29 bits per heavy atom. The fourth-order valence-corrected chi connectivity index (χ4v) is 2.66. The number of ether oxygens (including phenoxy) is 1. The van der Waals surface area contributed by atoms with Crippen molar-refractivity contribution >= 4 is 16.6 Å². The first-order valence-corrected chi connectivity index (χ1v) is 7.14. The molecule has 0 bridgehead atoms. The molecule has 6 heteroatoms. The standard InChI is InChI=1S/C15H17N3O3/c19-18(20)13-6-7-14(15-12(13)5-3-9-17-15)21-10-11-4-1-2-8-16-11/h3,5-7,9,11,16H,1-2,4,8,10H2. The van der Waals surface area contributed by atoms with Gasteiger partial charge in [0.05, 0.1) is 10.3 Å². The van der Waals surface area contributed by atoms with Crippen molar-refractivity contribution in [1.29, 1.82) is 0 Å². The van der Waals surface area contributed by atoms with Crippen molar-refractivity contribution in [3.63, 3.8) is 0 Å². The molecule has 3 rings (SSSR count). The molecule has 0 aliphatic carbocycles. The van der Waals surface area contributed by atoms with Gasteiger partial charge in [-0.3, -0.25) is 15.1 Å². The molecule has 1 aromatic carbocycles. The Morgan fingerprint density at radius 3 is 3.05 bits per heavy atom. The summed E-state index contributed by atoms with van der Waals surface area (Å²) in [7, 11) is 0. The van der Waals surface area contributed by atoms with E-state index in [2.05, 4.69) is 10.3 Å². The van der Waals surface area contributed by atoms with Crippen LogP contribution in [0.1, 0.15) is 19.3 Å². The van der Waals surface area contributed by atoms with Gasteiger partial charge < -0.3 is 10.1 Å². The maximum atomic E-state index is 11.1. The van der Waals surface area contributed by atoms with Crippen LogP contribution in [0.25, 0.3) is 10.9 Å². The SMILES string of the molecule is O=[N+]([O-])c1ccc(OCC2CCCCN2)c2ncccc12. The molecular formula is C15H17N3O3. The number of rotatable bonds is 4. The van der Waals surface area contributed by atoms with Crippen molar-refractivity contribution in [1.82, 2.24) is 10.3 Å². The number of piperidine rings is 1. The fraction of sp³-hybridized carbons (Fsp3) is 0.400. The lowest BCUT2D eigenvalue weighted by Gasteiger charge is -2.23. The molecule has 1 aromatic heterocycles. The molecule has 0 amide bonds. The molecule has 6 nitrogen and oxygen atoms in total. The third-order valence-electron chi connectivity index (χ3n) is 3.76. The second kappa shape index (κ2) is 6.05. The number of nitro benzene ring substituents is 1. The van der Waals surface area contributed by atoms with Crippen LogP contribution >= 0.6 is 0 Å². The molecule has 1 unspecified atom stereocenters. The highest BCUT2D eigenvalue weighted by atomic mass is 16.6. The van der Waals surface area contributed by atoms with Crippen molar-refractivity contribution in [2.24, 2.45) is 0 Å². The Morgan fingerprint density at radius 1 is 1.38 bits per heavy atom. The van der Waals surface area contributed by atoms with E-state index < -0.39 is 4.92 Å². The average molecular weight is 287 g/mol. The van der Waals surface area contributed by atoms with E-state index in [1.165, 1.54) is 18.9 Å². The van der Waals surface area contributed by atoms with Crippen LogP contribution < -0.4 is 10.1 Å². The van der Waals surface area contributed by atoms with Gasteiger partial charge in [-0.1, -0.05) is 6.42 Å². The maximum absolute atomic E-state index is 11.1. The van der Waals surface area contributed by atoms with Crippen molar-refractivity contribution in [3.05, 3.63) is 40.6 Å². The molecule has 21 heavy (non-hydrogen) atoms. The molecule has 2 aromatic rings. The number of aromatic nitrogens is 1. The minimum Gasteiger partial charge on any atom is -0.490 e. The zero-order chi connectivity index (χ0) is 14.7. The number of fused-ring (bicyclic) bond motifs is 1. The first kappa shape index (κ1) is 13.8. The summed E-state index contributed by atoms with van der Waals surface area (Å²) in [6.07, 6.45) is 5.13. The third-order valence-corrected chi connectivity index (χ3v) is 3.76. The van der Waals surface area contributed by atoms with Gasteiger partial charge in [0.2, 0.25) is 0 Å². The molecule has 1 N–H and O–H groups in total. The van der Waals surface area contributed by atoms with E-state index in [0.717, 1.165) is 13.0 Å². The van der Waals surface area contributed by atoms with Gasteiger partial charge in [-0.15, -0.1) is 0 Å². The summed E-state index contributed by atoms with van der Waals surface area (Å²) >= 11 is 0. The number of benzene rings is 1. The van der Waals surface area contributed by atoms with Crippen molar-refractivity contribution in [2.75, 3.05) is 13.2 Å². The highest BCUT2D eigenvalue weighted by Crippen LogP contribution is 2.31. The molecule has 1 atom stereocenters. The van der Waals surface area contributed by atoms with E-state index >= 15 is 0 Å². The van der Waals surface area contributed by atoms with Crippen LogP contribution in [0, 0.1) is 10.1 Å². The van der Waals surface area contributed by atoms with Gasteiger partial charge >= 0.3 is 0 Å². The molecule has 0 radical (unpaired) electrons. The normalized spacial score (nSPS) is 18.6. The molecule has 0 saturated carbocycles. The van der Waals surface area contributed by atoms with Gasteiger partial charge in [0, 0.05) is 18.3 Å². The van der Waals surface area contributed by atoms with Crippen molar-refractivity contribution in [3.8, 4) is 5.75 Å². The summed E-state index contributed by atoms with van der Waals surface area (Å²) < 4.78 is 5.85. The summed E-state index contributed by atoms with van der Waals surface area (Å²) in [5, 5.41) is 15.0. The Hall–Kier alpha value is -2.21. The number of non-ortho nitro benzene ring substituents is 1. The number of hydrogen-bond donors (Lipinski definition) is 1. The largest absolute Gasteiger partial charge is 0.490 e. The topological polar surface area (TPSA) is 77.3 Å². The average Bonchev–Trinajstić information content (AvgIpc) is 2.53. The van der Waals surface area contributed by atoms with Gasteiger partial charge in [-0.25, -0.2) is 0 Å². The summed E-state index contributed by atoms with van der Waals surface area (Å²) in [5.74, 6) is 0.601. The Labute approximate surface area is 122 Å². The van der Waals surface area contributed by atoms with Gasteiger partial charge in [-0.05, 0) is 37.6 Å². The molecule has 1 saturated heterocycles. The number of pyridine rings is 1. The zero-order valence-electron chi connectivity index (χ0n) is 11.6. The summed E-state index contributed by atoms with van der Waals surface area (Å²) in [4.78, 5) is 14.9. The highest BCUT2D eigenvalue weighted by Gasteiger charge is 2.17. The summed E-state index contributed by atoms with van der Waals surface area (Å²) in [6, 6.07) is 6.85. The van der Waals surface area contributed by atoms with Crippen LogP contribution in [0.3, 0.4) is 0 Å².